The van der Waals surface area contributed by atoms with Crippen molar-refractivity contribution in [1.29, 1.82) is 0 Å². The average Bonchev–Trinajstić information content (AvgIpc) is 2.66. The molecule has 2 N–H and O–H groups in total. The summed E-state index contributed by atoms with van der Waals surface area (Å²) in [6.45, 7) is 6.47. The first-order valence-electron chi connectivity index (χ1n) is 6.05. The molecule has 0 spiro atoms. The van der Waals surface area contributed by atoms with Gasteiger partial charge in [-0.2, -0.15) is 0 Å². The molecule has 3 nitrogen and oxygen atoms in total. The second-order valence-electron chi connectivity index (χ2n) is 4.79. The number of aromatic hydroxyl groups is 1. The van der Waals surface area contributed by atoms with Gasteiger partial charge in [-0.15, -0.1) is 0 Å². The zero-order valence-corrected chi connectivity index (χ0v) is 10.9. The van der Waals surface area contributed by atoms with E-state index in [0.717, 1.165) is 5.52 Å². The van der Waals surface area contributed by atoms with Crippen molar-refractivity contribution in [1.82, 2.24) is 9.88 Å². The number of nitrogens with one attached hydrogen (secondary N) is 1. The Kier molecular flexibility index (Phi) is 3.11. The van der Waals surface area contributed by atoms with E-state index in [0.29, 0.717) is 17.8 Å². The summed E-state index contributed by atoms with van der Waals surface area (Å²) < 4.78 is 2.27. The smallest absolute Gasteiger partial charge is 0.117 e. The molecule has 0 saturated carbocycles. The average molecular weight is 232 g/mol. The van der Waals surface area contributed by atoms with Gasteiger partial charge >= 0.3 is 0 Å². The fourth-order valence-corrected chi connectivity index (χ4v) is 2.29. The predicted molar refractivity (Wildman–Crippen MR) is 71.5 cm³/mol. The molecular formula is C14H20N2O. The van der Waals surface area contributed by atoms with Gasteiger partial charge in [0.25, 0.3) is 0 Å². The molecule has 1 aromatic carbocycles. The molecule has 1 atom stereocenters. The van der Waals surface area contributed by atoms with Crippen molar-refractivity contribution in [3.63, 3.8) is 0 Å². The molecule has 0 aliphatic heterocycles. The second kappa shape index (κ2) is 4.41. The molecule has 1 unspecified atom stereocenters. The minimum atomic E-state index is 0.298. The van der Waals surface area contributed by atoms with Gasteiger partial charge in [0.2, 0.25) is 0 Å². The highest BCUT2D eigenvalue weighted by molar-refractivity contribution is 5.83. The third kappa shape index (κ3) is 2.03. The quantitative estimate of drug-likeness (QED) is 0.852. The summed E-state index contributed by atoms with van der Waals surface area (Å²) >= 11 is 0. The lowest BCUT2D eigenvalue weighted by atomic mass is 10.2. The van der Waals surface area contributed by atoms with Gasteiger partial charge in [-0.25, -0.2) is 0 Å². The van der Waals surface area contributed by atoms with Crippen LogP contribution in [0.25, 0.3) is 10.9 Å². The van der Waals surface area contributed by atoms with Crippen LogP contribution < -0.4 is 5.32 Å². The van der Waals surface area contributed by atoms with Crippen molar-refractivity contribution >= 4 is 10.9 Å². The van der Waals surface area contributed by atoms with Gasteiger partial charge < -0.3 is 15.0 Å². The van der Waals surface area contributed by atoms with Crippen molar-refractivity contribution < 1.29 is 5.11 Å². The summed E-state index contributed by atoms with van der Waals surface area (Å²) in [4.78, 5) is 0. The highest BCUT2D eigenvalue weighted by Crippen LogP contribution is 2.30. The molecular weight excluding hydrogens is 212 g/mol. The van der Waals surface area contributed by atoms with E-state index in [2.05, 4.69) is 36.7 Å². The van der Waals surface area contributed by atoms with E-state index < -0.39 is 0 Å². The SMILES string of the molecule is CNC(C)c1cc2ccc(O)cc2n1C(C)C. The number of phenolic OH excluding ortho intramolecular Hbond substituents is 1. The first-order chi connectivity index (χ1) is 8.04. The molecule has 2 rings (SSSR count). The monoisotopic (exact) mass is 232 g/mol. The lowest BCUT2D eigenvalue weighted by Crippen LogP contribution is -2.17. The maximum atomic E-state index is 9.61. The zero-order chi connectivity index (χ0) is 12.6. The van der Waals surface area contributed by atoms with Crippen LogP contribution in [0.2, 0.25) is 0 Å². The number of hydrogen-bond acceptors (Lipinski definition) is 2. The van der Waals surface area contributed by atoms with E-state index in [1.165, 1.54) is 11.1 Å². The van der Waals surface area contributed by atoms with E-state index >= 15 is 0 Å². The molecule has 1 heterocycles. The molecule has 1 aromatic heterocycles. The number of aromatic nitrogens is 1. The largest absolute Gasteiger partial charge is 0.508 e. The van der Waals surface area contributed by atoms with Gasteiger partial charge in [0.15, 0.2) is 0 Å². The summed E-state index contributed by atoms with van der Waals surface area (Å²) in [5.74, 6) is 0.321. The summed E-state index contributed by atoms with van der Waals surface area (Å²) in [5.41, 5.74) is 2.35. The van der Waals surface area contributed by atoms with Crippen LogP contribution in [0.4, 0.5) is 0 Å². The van der Waals surface area contributed by atoms with Crippen molar-refractivity contribution in [2.75, 3.05) is 7.05 Å². The predicted octanol–water partition coefficient (Wildman–Crippen LogP) is 3.21. The van der Waals surface area contributed by atoms with E-state index in [4.69, 9.17) is 0 Å². The van der Waals surface area contributed by atoms with Crippen LogP contribution in [0, 0.1) is 0 Å². The molecule has 0 bridgehead atoms. The number of benzene rings is 1. The molecule has 3 heteroatoms. The molecule has 2 aromatic rings. The Morgan fingerprint density at radius 3 is 2.47 bits per heavy atom. The van der Waals surface area contributed by atoms with Gasteiger partial charge in [0.05, 0.1) is 5.52 Å². The number of fused-ring (bicyclic) bond motifs is 1. The lowest BCUT2D eigenvalue weighted by Gasteiger charge is -2.19. The van der Waals surface area contributed by atoms with Gasteiger partial charge in [0.1, 0.15) is 5.75 Å². The van der Waals surface area contributed by atoms with Crippen molar-refractivity contribution in [3.05, 3.63) is 30.0 Å². The molecule has 0 aliphatic carbocycles. The van der Waals surface area contributed by atoms with Crippen LogP contribution in [0.1, 0.15) is 38.5 Å². The fourth-order valence-electron chi connectivity index (χ4n) is 2.29. The van der Waals surface area contributed by atoms with E-state index in [1.807, 2.05) is 19.2 Å². The molecule has 0 amide bonds. The Balaban J connectivity index is 2.71. The fraction of sp³-hybridized carbons (Fsp3) is 0.429. The van der Waals surface area contributed by atoms with Gasteiger partial charge in [-0.05, 0) is 46.0 Å². The molecule has 0 aliphatic rings. The minimum Gasteiger partial charge on any atom is -0.508 e. The summed E-state index contributed by atoms with van der Waals surface area (Å²) in [6, 6.07) is 8.40. The normalized spacial score (nSPS) is 13.5. The van der Waals surface area contributed by atoms with Gasteiger partial charge in [0, 0.05) is 29.2 Å². The first kappa shape index (κ1) is 12.0. The zero-order valence-electron chi connectivity index (χ0n) is 10.9. The Bertz CT molecular complexity index is 528. The van der Waals surface area contributed by atoms with Crippen LogP contribution in [0.5, 0.6) is 5.75 Å². The Labute approximate surface area is 102 Å². The molecule has 0 fully saturated rings. The first-order valence-corrected chi connectivity index (χ1v) is 6.05. The molecule has 92 valence electrons. The maximum Gasteiger partial charge on any atom is 0.117 e. The Morgan fingerprint density at radius 1 is 1.18 bits per heavy atom. The highest BCUT2D eigenvalue weighted by Gasteiger charge is 2.15. The van der Waals surface area contributed by atoms with E-state index in [-0.39, 0.29) is 0 Å². The third-order valence-corrected chi connectivity index (χ3v) is 3.25. The Morgan fingerprint density at radius 2 is 1.88 bits per heavy atom. The van der Waals surface area contributed by atoms with Crippen molar-refractivity contribution in [2.24, 2.45) is 0 Å². The number of hydrogen-bond donors (Lipinski definition) is 2. The summed E-state index contributed by atoms with van der Waals surface area (Å²) in [6.07, 6.45) is 0. The van der Waals surface area contributed by atoms with Crippen molar-refractivity contribution in [2.45, 2.75) is 32.9 Å². The van der Waals surface area contributed by atoms with Crippen LogP contribution in [-0.2, 0) is 0 Å². The molecule has 17 heavy (non-hydrogen) atoms. The van der Waals surface area contributed by atoms with E-state index in [9.17, 15) is 5.11 Å². The molecule has 0 radical (unpaired) electrons. The number of nitrogens with zero attached hydrogens (tertiary/aromatic N) is 1. The summed E-state index contributed by atoms with van der Waals surface area (Å²) in [7, 11) is 1.96. The highest BCUT2D eigenvalue weighted by atomic mass is 16.3. The standard InChI is InChI=1S/C14H20N2O/c1-9(2)16-13(10(3)15-4)7-11-5-6-12(17)8-14(11)16/h5-10,15,17H,1-4H3. The van der Waals surface area contributed by atoms with Gasteiger partial charge in [-0.1, -0.05) is 0 Å². The van der Waals surface area contributed by atoms with Gasteiger partial charge in [-0.3, -0.25) is 0 Å². The minimum absolute atomic E-state index is 0.298. The number of phenols is 1. The summed E-state index contributed by atoms with van der Waals surface area (Å²) in [5, 5.41) is 14.1. The molecule has 0 saturated heterocycles. The second-order valence-corrected chi connectivity index (χ2v) is 4.79. The van der Waals surface area contributed by atoms with Crippen LogP contribution in [-0.4, -0.2) is 16.7 Å². The maximum absolute atomic E-state index is 9.61. The van der Waals surface area contributed by atoms with E-state index in [1.54, 1.807) is 6.07 Å². The number of rotatable bonds is 3. The van der Waals surface area contributed by atoms with Crippen LogP contribution in [0.3, 0.4) is 0 Å². The van der Waals surface area contributed by atoms with Crippen molar-refractivity contribution in [3.8, 4) is 5.75 Å². The Hall–Kier alpha value is -1.48. The lowest BCUT2D eigenvalue weighted by molar-refractivity contribution is 0.475. The van der Waals surface area contributed by atoms with Crippen LogP contribution >= 0.6 is 0 Å². The topological polar surface area (TPSA) is 37.2 Å². The third-order valence-electron chi connectivity index (χ3n) is 3.25. The van der Waals surface area contributed by atoms with Crippen LogP contribution in [0.15, 0.2) is 24.3 Å².